The average Bonchev–Trinajstić information content (AvgIpc) is 3.20. The third-order valence-corrected chi connectivity index (χ3v) is 8.04. The molecule has 3 aromatic rings. The van der Waals surface area contributed by atoms with Crippen LogP contribution in [0.15, 0.2) is 54.6 Å². The molecule has 3 atom stereocenters. The molecule has 11 heteroatoms. The first-order valence-corrected chi connectivity index (χ1v) is 14.0. The van der Waals surface area contributed by atoms with Gasteiger partial charge in [0, 0.05) is 40.4 Å². The number of carbonyl (C=O) groups is 2. The quantitative estimate of drug-likeness (QED) is 0.278. The molecule has 0 radical (unpaired) electrons. The SMILES string of the molecule is COC(=O)c1ccc(NC(=O)N2C[C@@H](CC(C)(C)C)[C@](N)(c3ccc(Cl)cc3F)[C@H]2c2cccc(Cl)c2F)cc1OC. The number of nitrogens with one attached hydrogen (secondary N) is 1. The molecule has 42 heavy (non-hydrogen) atoms. The maximum atomic E-state index is 15.7. The number of nitrogens with two attached hydrogens (primary N) is 1. The lowest BCUT2D eigenvalue weighted by Gasteiger charge is -2.40. The molecule has 1 aliphatic heterocycles. The second-order valence-electron chi connectivity index (χ2n) is 11.6. The van der Waals surface area contributed by atoms with Crippen LogP contribution in [0, 0.1) is 23.0 Å². The van der Waals surface area contributed by atoms with Crippen molar-refractivity contribution in [2.45, 2.75) is 38.8 Å². The van der Waals surface area contributed by atoms with Gasteiger partial charge in [-0.05, 0) is 42.2 Å². The minimum absolute atomic E-state index is 0.0459. The molecule has 1 saturated heterocycles. The number of hydrogen-bond acceptors (Lipinski definition) is 5. The lowest BCUT2D eigenvalue weighted by atomic mass is 9.69. The van der Waals surface area contributed by atoms with Crippen LogP contribution in [0.25, 0.3) is 0 Å². The third-order valence-electron chi connectivity index (χ3n) is 7.51. The van der Waals surface area contributed by atoms with Crippen molar-refractivity contribution in [2.75, 3.05) is 26.1 Å². The summed E-state index contributed by atoms with van der Waals surface area (Å²) in [6, 6.07) is 11.3. The van der Waals surface area contributed by atoms with Crippen LogP contribution in [-0.2, 0) is 10.3 Å². The maximum Gasteiger partial charge on any atom is 0.341 e. The zero-order valence-corrected chi connectivity index (χ0v) is 25.4. The van der Waals surface area contributed by atoms with E-state index in [9.17, 15) is 9.59 Å². The first kappa shape index (κ1) is 31.5. The largest absolute Gasteiger partial charge is 0.496 e. The average molecular weight is 621 g/mol. The van der Waals surface area contributed by atoms with Crippen molar-refractivity contribution in [3.05, 3.63) is 93.0 Å². The van der Waals surface area contributed by atoms with Gasteiger partial charge in [0.2, 0.25) is 0 Å². The van der Waals surface area contributed by atoms with E-state index in [0.717, 1.165) is 6.07 Å². The molecule has 3 N–H and O–H groups in total. The van der Waals surface area contributed by atoms with Gasteiger partial charge in [0.05, 0.1) is 30.8 Å². The summed E-state index contributed by atoms with van der Waals surface area (Å²) in [6.07, 6.45) is 0.482. The van der Waals surface area contributed by atoms with Crippen LogP contribution in [0.1, 0.15) is 54.7 Å². The fourth-order valence-electron chi connectivity index (χ4n) is 5.76. The molecular weight excluding hydrogens is 587 g/mol. The maximum absolute atomic E-state index is 15.7. The Balaban J connectivity index is 1.87. The summed E-state index contributed by atoms with van der Waals surface area (Å²) >= 11 is 12.3. The molecule has 0 bridgehead atoms. The van der Waals surface area contributed by atoms with E-state index in [2.05, 4.69) is 5.32 Å². The van der Waals surface area contributed by atoms with Gasteiger partial charge in [0.1, 0.15) is 22.9 Å². The number of anilines is 1. The summed E-state index contributed by atoms with van der Waals surface area (Å²) in [4.78, 5) is 27.5. The van der Waals surface area contributed by atoms with E-state index in [1.54, 1.807) is 6.07 Å². The van der Waals surface area contributed by atoms with Crippen molar-refractivity contribution >= 4 is 40.9 Å². The first-order chi connectivity index (χ1) is 19.7. The zero-order chi connectivity index (χ0) is 31.0. The Kier molecular flexibility index (Phi) is 9.06. The zero-order valence-electron chi connectivity index (χ0n) is 23.9. The van der Waals surface area contributed by atoms with Gasteiger partial charge in [0.25, 0.3) is 0 Å². The monoisotopic (exact) mass is 619 g/mol. The summed E-state index contributed by atoms with van der Waals surface area (Å²) in [5, 5.41) is 2.82. The standard InChI is InChI=1S/C31H33Cl2F2N3O4/c1-30(2,3)15-17-16-38(29(40)37-19-10-11-20(28(39)42-5)25(14-19)41-4)27(21-7-6-8-23(33)26(21)35)31(17,36)22-12-9-18(32)13-24(22)34/h6-14,17,27H,15-16,36H2,1-5H3,(H,37,40)/t17-,27-,31+/m1/s1. The highest BCUT2D eigenvalue weighted by Gasteiger charge is 2.57. The highest BCUT2D eigenvalue weighted by atomic mass is 35.5. The summed E-state index contributed by atoms with van der Waals surface area (Å²) in [6.45, 7) is 6.12. The number of urea groups is 1. The lowest BCUT2D eigenvalue weighted by molar-refractivity contribution is 0.0597. The smallest absolute Gasteiger partial charge is 0.341 e. The molecule has 1 aliphatic rings. The number of benzene rings is 3. The van der Waals surface area contributed by atoms with E-state index < -0.39 is 41.1 Å². The van der Waals surface area contributed by atoms with E-state index in [0.29, 0.717) is 12.1 Å². The number of methoxy groups -OCH3 is 2. The van der Waals surface area contributed by atoms with E-state index in [1.165, 1.54) is 61.6 Å². The van der Waals surface area contributed by atoms with Gasteiger partial charge >= 0.3 is 12.0 Å². The number of carbonyl (C=O) groups excluding carboxylic acids is 2. The van der Waals surface area contributed by atoms with Gasteiger partial charge < -0.3 is 25.4 Å². The number of ether oxygens (including phenoxy) is 2. The molecule has 0 spiro atoms. The number of halogens is 4. The second kappa shape index (κ2) is 12.1. The number of esters is 1. The van der Waals surface area contributed by atoms with Crippen LogP contribution in [0.4, 0.5) is 19.3 Å². The highest BCUT2D eigenvalue weighted by Crippen LogP contribution is 2.53. The number of nitrogens with zero attached hydrogens (tertiary/aromatic N) is 1. The topological polar surface area (TPSA) is 93.9 Å². The Morgan fingerprint density at radius 2 is 1.81 bits per heavy atom. The van der Waals surface area contributed by atoms with E-state index in [1.807, 2.05) is 20.8 Å². The van der Waals surface area contributed by atoms with E-state index in [-0.39, 0.29) is 44.4 Å². The van der Waals surface area contributed by atoms with Crippen LogP contribution in [0.5, 0.6) is 5.75 Å². The number of rotatable bonds is 6. The molecule has 1 heterocycles. The molecule has 1 fully saturated rings. The molecule has 0 aromatic heterocycles. The van der Waals surface area contributed by atoms with Crippen LogP contribution < -0.4 is 15.8 Å². The Morgan fingerprint density at radius 3 is 2.43 bits per heavy atom. The summed E-state index contributed by atoms with van der Waals surface area (Å²) in [7, 11) is 2.63. The Labute approximate surface area is 253 Å². The van der Waals surface area contributed by atoms with Crippen molar-refractivity contribution in [1.29, 1.82) is 0 Å². The molecular formula is C31H33Cl2F2N3O4. The molecule has 0 aliphatic carbocycles. The van der Waals surface area contributed by atoms with Gasteiger partial charge in [0.15, 0.2) is 0 Å². The normalized spacial score (nSPS) is 20.4. The van der Waals surface area contributed by atoms with Gasteiger partial charge in [-0.1, -0.05) is 62.2 Å². The molecule has 4 rings (SSSR count). The van der Waals surface area contributed by atoms with Gasteiger partial charge in [-0.3, -0.25) is 0 Å². The van der Waals surface area contributed by atoms with Crippen LogP contribution in [0.2, 0.25) is 10.0 Å². The highest BCUT2D eigenvalue weighted by molar-refractivity contribution is 6.31. The number of amides is 2. The summed E-state index contributed by atoms with van der Waals surface area (Å²) < 4.78 is 41.5. The Hall–Kier alpha value is -3.40. The fourth-order valence-corrected chi connectivity index (χ4v) is 6.10. The summed E-state index contributed by atoms with van der Waals surface area (Å²) in [5.41, 5.74) is 5.99. The van der Waals surface area contributed by atoms with Crippen LogP contribution in [0.3, 0.4) is 0 Å². The van der Waals surface area contributed by atoms with Crippen LogP contribution in [-0.4, -0.2) is 37.7 Å². The third kappa shape index (κ3) is 6.04. The van der Waals surface area contributed by atoms with Crippen molar-refractivity contribution in [3.63, 3.8) is 0 Å². The summed E-state index contributed by atoms with van der Waals surface area (Å²) in [5.74, 6) is -2.35. The lowest BCUT2D eigenvalue weighted by Crippen LogP contribution is -2.49. The number of likely N-dealkylation sites (tertiary alicyclic amines) is 1. The van der Waals surface area contributed by atoms with Crippen LogP contribution >= 0.6 is 23.2 Å². The molecule has 224 valence electrons. The van der Waals surface area contributed by atoms with Crippen molar-refractivity contribution in [1.82, 2.24) is 4.90 Å². The molecule has 0 unspecified atom stereocenters. The molecule has 2 amide bonds. The minimum atomic E-state index is -1.57. The van der Waals surface area contributed by atoms with E-state index >= 15 is 8.78 Å². The van der Waals surface area contributed by atoms with Gasteiger partial charge in [-0.25, -0.2) is 18.4 Å². The predicted octanol–water partition coefficient (Wildman–Crippen LogP) is 7.56. The molecule has 0 saturated carbocycles. The van der Waals surface area contributed by atoms with Crippen molar-refractivity contribution in [2.24, 2.45) is 17.1 Å². The fraction of sp³-hybridized carbons (Fsp3) is 0.355. The predicted molar refractivity (Wildman–Crippen MR) is 159 cm³/mol. The van der Waals surface area contributed by atoms with E-state index in [4.69, 9.17) is 38.4 Å². The Morgan fingerprint density at radius 1 is 1.10 bits per heavy atom. The van der Waals surface area contributed by atoms with Gasteiger partial charge in [-0.15, -0.1) is 0 Å². The number of hydrogen-bond donors (Lipinski definition) is 2. The van der Waals surface area contributed by atoms with Crippen molar-refractivity contribution < 1.29 is 27.8 Å². The second-order valence-corrected chi connectivity index (χ2v) is 12.4. The van der Waals surface area contributed by atoms with Crippen molar-refractivity contribution in [3.8, 4) is 5.75 Å². The molecule has 3 aromatic carbocycles. The van der Waals surface area contributed by atoms with Gasteiger partial charge in [-0.2, -0.15) is 0 Å². The first-order valence-electron chi connectivity index (χ1n) is 13.2. The minimum Gasteiger partial charge on any atom is -0.496 e. The Bertz CT molecular complexity index is 1510. The molecule has 7 nitrogen and oxygen atoms in total.